The fraction of sp³-hybridized carbons (Fsp3) is 0.273. The first-order chi connectivity index (χ1) is 15.9. The number of hydrogen-bond donors (Lipinski definition) is 1. The number of nitrogens with one attached hydrogen (secondary N) is 1. The molecule has 1 N–H and O–H groups in total. The number of hydrogen-bond acceptors (Lipinski definition) is 6. The molecule has 2 aliphatic heterocycles. The maximum absolute atomic E-state index is 14.1. The number of nitrogens with zero attached hydrogens (tertiary/aromatic N) is 4. The standard InChI is InChI=1S/C22H21F2N5O3S/c23-18-3-1-2-17(21(18)24)22-26-19-12-25-28(14-20(19)27-22)13-15-4-6-16(7-5-15)33(30,31)29-8-10-32-11-9-29/h1-7,12H,8-11,13-14H2,(H,26,27). The second kappa shape index (κ2) is 8.65. The Morgan fingerprint density at radius 3 is 2.58 bits per heavy atom. The molecule has 3 heterocycles. The lowest BCUT2D eigenvalue weighted by molar-refractivity contribution is 0.0730. The molecule has 1 aromatic heterocycles. The number of benzene rings is 2. The van der Waals surface area contributed by atoms with Gasteiger partial charge in [0.15, 0.2) is 11.6 Å². The van der Waals surface area contributed by atoms with Crippen molar-refractivity contribution >= 4 is 16.2 Å². The van der Waals surface area contributed by atoms with Crippen molar-refractivity contribution in [3.05, 3.63) is 71.1 Å². The summed E-state index contributed by atoms with van der Waals surface area (Å²) in [6, 6.07) is 10.7. The summed E-state index contributed by atoms with van der Waals surface area (Å²) in [6.45, 7) is 2.29. The van der Waals surface area contributed by atoms with Gasteiger partial charge in [0.05, 0.1) is 54.4 Å². The number of morpholine rings is 1. The average Bonchev–Trinajstić information content (AvgIpc) is 3.25. The van der Waals surface area contributed by atoms with E-state index in [0.717, 1.165) is 11.6 Å². The van der Waals surface area contributed by atoms with Gasteiger partial charge in [0, 0.05) is 13.1 Å². The van der Waals surface area contributed by atoms with E-state index in [1.165, 1.54) is 16.4 Å². The van der Waals surface area contributed by atoms with Crippen molar-refractivity contribution in [1.29, 1.82) is 0 Å². The third-order valence-electron chi connectivity index (χ3n) is 5.60. The van der Waals surface area contributed by atoms with Crippen LogP contribution in [0, 0.1) is 11.6 Å². The lowest BCUT2D eigenvalue weighted by Gasteiger charge is -2.26. The van der Waals surface area contributed by atoms with Crippen LogP contribution in [0.2, 0.25) is 0 Å². The molecule has 8 nitrogen and oxygen atoms in total. The van der Waals surface area contributed by atoms with Crippen molar-refractivity contribution in [2.24, 2.45) is 5.10 Å². The van der Waals surface area contributed by atoms with Gasteiger partial charge >= 0.3 is 0 Å². The van der Waals surface area contributed by atoms with E-state index in [1.807, 2.05) is 0 Å². The van der Waals surface area contributed by atoms with Gasteiger partial charge in [-0.3, -0.25) is 5.01 Å². The van der Waals surface area contributed by atoms with Crippen LogP contribution in [-0.4, -0.2) is 60.2 Å². The van der Waals surface area contributed by atoms with Gasteiger partial charge in [-0.05, 0) is 29.8 Å². The SMILES string of the molecule is O=S(=O)(c1ccc(CN2Cc3nc(-c4cccc(F)c4F)[nH]c3C=N2)cc1)N1CCOCC1. The summed E-state index contributed by atoms with van der Waals surface area (Å²) in [5.41, 5.74) is 2.23. The monoisotopic (exact) mass is 473 g/mol. The summed E-state index contributed by atoms with van der Waals surface area (Å²) in [6.07, 6.45) is 1.59. The molecule has 5 rings (SSSR count). The van der Waals surface area contributed by atoms with Crippen LogP contribution in [0.1, 0.15) is 17.0 Å². The number of aromatic nitrogens is 2. The summed E-state index contributed by atoms with van der Waals surface area (Å²) in [5, 5.41) is 6.15. The molecule has 0 unspecified atom stereocenters. The van der Waals surface area contributed by atoms with Crippen LogP contribution in [0.5, 0.6) is 0 Å². The van der Waals surface area contributed by atoms with Gasteiger partial charge in [-0.2, -0.15) is 9.41 Å². The Morgan fingerprint density at radius 2 is 1.82 bits per heavy atom. The minimum Gasteiger partial charge on any atom is -0.379 e. The number of ether oxygens (including phenoxy) is 1. The summed E-state index contributed by atoms with van der Waals surface area (Å²) >= 11 is 0. The predicted molar refractivity (Wildman–Crippen MR) is 117 cm³/mol. The van der Waals surface area contributed by atoms with E-state index in [4.69, 9.17) is 4.74 Å². The molecule has 0 amide bonds. The number of imidazole rings is 1. The topological polar surface area (TPSA) is 90.9 Å². The van der Waals surface area contributed by atoms with Crippen molar-refractivity contribution in [3.8, 4) is 11.4 Å². The number of sulfonamides is 1. The first kappa shape index (κ1) is 21.7. The Balaban J connectivity index is 1.28. The van der Waals surface area contributed by atoms with Gasteiger partial charge in [0.2, 0.25) is 10.0 Å². The van der Waals surface area contributed by atoms with Crippen molar-refractivity contribution < 1.29 is 21.9 Å². The van der Waals surface area contributed by atoms with Crippen molar-refractivity contribution in [2.75, 3.05) is 26.3 Å². The molecule has 172 valence electrons. The van der Waals surface area contributed by atoms with Gasteiger partial charge in [-0.15, -0.1) is 0 Å². The Morgan fingerprint density at radius 1 is 1.06 bits per heavy atom. The predicted octanol–water partition coefficient (Wildman–Crippen LogP) is 2.73. The van der Waals surface area contributed by atoms with Gasteiger partial charge in [-0.1, -0.05) is 18.2 Å². The molecule has 3 aromatic rings. The minimum absolute atomic E-state index is 0.0569. The molecule has 1 saturated heterocycles. The van der Waals surface area contributed by atoms with Crippen LogP contribution in [0.15, 0.2) is 52.5 Å². The Labute approximate surface area is 189 Å². The highest BCUT2D eigenvalue weighted by Gasteiger charge is 2.26. The summed E-state index contributed by atoms with van der Waals surface area (Å²) in [4.78, 5) is 7.65. The van der Waals surface area contributed by atoms with Gasteiger partial charge in [0.1, 0.15) is 5.82 Å². The molecule has 1 fully saturated rings. The highest BCUT2D eigenvalue weighted by molar-refractivity contribution is 7.89. The first-order valence-electron chi connectivity index (χ1n) is 10.4. The maximum Gasteiger partial charge on any atom is 0.243 e. The number of H-pyrrole nitrogens is 1. The summed E-state index contributed by atoms with van der Waals surface area (Å²) in [5.74, 6) is -1.65. The molecule has 0 spiro atoms. The van der Waals surface area contributed by atoms with Crippen LogP contribution in [0.4, 0.5) is 8.78 Å². The quantitative estimate of drug-likeness (QED) is 0.616. The van der Waals surface area contributed by atoms with Gasteiger partial charge in [-0.25, -0.2) is 22.2 Å². The van der Waals surface area contributed by atoms with Gasteiger partial charge < -0.3 is 9.72 Å². The Hall–Kier alpha value is -3.15. The van der Waals surface area contributed by atoms with Crippen LogP contribution in [-0.2, 0) is 27.8 Å². The molecule has 0 saturated carbocycles. The van der Waals surface area contributed by atoms with E-state index in [9.17, 15) is 17.2 Å². The lowest BCUT2D eigenvalue weighted by atomic mass is 10.2. The molecular weight excluding hydrogens is 452 g/mol. The number of hydrazone groups is 1. The molecule has 2 aliphatic rings. The smallest absolute Gasteiger partial charge is 0.243 e. The largest absolute Gasteiger partial charge is 0.379 e. The molecule has 0 radical (unpaired) electrons. The number of rotatable bonds is 5. The van der Waals surface area contributed by atoms with Gasteiger partial charge in [0.25, 0.3) is 0 Å². The highest BCUT2D eigenvalue weighted by atomic mass is 32.2. The number of fused-ring (bicyclic) bond motifs is 1. The minimum atomic E-state index is -3.54. The average molecular weight is 474 g/mol. The van der Waals surface area contributed by atoms with E-state index >= 15 is 0 Å². The highest BCUT2D eigenvalue weighted by Crippen LogP contribution is 2.25. The first-order valence-corrected chi connectivity index (χ1v) is 11.8. The second-order valence-corrected chi connectivity index (χ2v) is 9.71. The van der Waals surface area contributed by atoms with Crippen molar-refractivity contribution in [1.82, 2.24) is 19.3 Å². The summed E-state index contributed by atoms with van der Waals surface area (Å²) in [7, 11) is -3.54. The number of aromatic amines is 1. The normalized spacial score (nSPS) is 16.7. The second-order valence-electron chi connectivity index (χ2n) is 7.77. The van der Waals surface area contributed by atoms with Crippen molar-refractivity contribution in [2.45, 2.75) is 18.0 Å². The van der Waals surface area contributed by atoms with Crippen LogP contribution in [0.3, 0.4) is 0 Å². The zero-order valence-electron chi connectivity index (χ0n) is 17.5. The fourth-order valence-electron chi connectivity index (χ4n) is 3.83. The van der Waals surface area contributed by atoms with E-state index in [2.05, 4.69) is 15.1 Å². The van der Waals surface area contributed by atoms with Crippen LogP contribution >= 0.6 is 0 Å². The zero-order chi connectivity index (χ0) is 23.0. The van der Waals surface area contributed by atoms with E-state index in [1.54, 1.807) is 35.5 Å². The third-order valence-corrected chi connectivity index (χ3v) is 7.51. The Bertz CT molecular complexity index is 1300. The Kier molecular flexibility index (Phi) is 5.69. The molecule has 33 heavy (non-hydrogen) atoms. The molecular formula is C22H21F2N5O3S. The maximum atomic E-state index is 14.1. The third kappa shape index (κ3) is 4.26. The molecule has 2 aromatic carbocycles. The van der Waals surface area contributed by atoms with Crippen molar-refractivity contribution in [3.63, 3.8) is 0 Å². The number of halogens is 2. The van der Waals surface area contributed by atoms with E-state index < -0.39 is 21.7 Å². The molecule has 0 aliphatic carbocycles. The molecule has 0 bridgehead atoms. The van der Waals surface area contributed by atoms with Crippen LogP contribution < -0.4 is 0 Å². The zero-order valence-corrected chi connectivity index (χ0v) is 18.4. The van der Waals surface area contributed by atoms with E-state index in [-0.39, 0.29) is 16.3 Å². The molecule has 0 atom stereocenters. The van der Waals surface area contributed by atoms with E-state index in [0.29, 0.717) is 50.8 Å². The fourth-order valence-corrected chi connectivity index (χ4v) is 5.24. The van der Waals surface area contributed by atoms with Crippen LogP contribution in [0.25, 0.3) is 11.4 Å². The summed E-state index contributed by atoms with van der Waals surface area (Å²) < 4.78 is 59.9. The lowest BCUT2D eigenvalue weighted by Crippen LogP contribution is -2.40. The molecule has 11 heteroatoms.